The first-order valence-corrected chi connectivity index (χ1v) is 7.04. The Morgan fingerprint density at radius 2 is 2.29 bits per heavy atom. The Labute approximate surface area is 127 Å². The summed E-state index contributed by atoms with van der Waals surface area (Å²) >= 11 is 5.76. The number of halogens is 1. The van der Waals surface area contributed by atoms with Gasteiger partial charge in [0.2, 0.25) is 0 Å². The van der Waals surface area contributed by atoms with Crippen LogP contribution in [0.25, 0.3) is 0 Å². The third-order valence-corrected chi connectivity index (χ3v) is 3.46. The number of anilines is 1. The van der Waals surface area contributed by atoms with Gasteiger partial charge in [0.25, 0.3) is 5.91 Å². The average Bonchev–Trinajstić information content (AvgIpc) is 2.98. The SMILES string of the molecule is Nc1cc(C(=O)OCC(=O)NC[C@H]2CCCO2)ccc1Cl. The van der Waals surface area contributed by atoms with Gasteiger partial charge in [0.05, 0.1) is 22.4 Å². The topological polar surface area (TPSA) is 90.7 Å². The van der Waals surface area contributed by atoms with Crippen molar-refractivity contribution in [2.75, 3.05) is 25.5 Å². The lowest BCUT2D eigenvalue weighted by Gasteiger charge is -2.11. The standard InChI is InChI=1S/C14H17ClN2O4/c15-11-4-3-9(6-12(11)16)14(19)21-8-13(18)17-7-10-2-1-5-20-10/h3-4,6,10H,1-2,5,7-8,16H2,(H,17,18)/t10-/m1/s1. The number of nitrogens with one attached hydrogen (secondary N) is 1. The second-order valence-corrected chi connectivity index (χ2v) is 5.16. The molecule has 2 rings (SSSR count). The number of hydrogen-bond donors (Lipinski definition) is 2. The lowest BCUT2D eigenvalue weighted by atomic mass is 10.2. The zero-order chi connectivity index (χ0) is 15.2. The first-order chi connectivity index (χ1) is 10.1. The molecule has 7 heteroatoms. The van der Waals surface area contributed by atoms with Crippen molar-refractivity contribution in [3.63, 3.8) is 0 Å². The lowest BCUT2D eigenvalue weighted by Crippen LogP contribution is -2.34. The molecule has 6 nitrogen and oxygen atoms in total. The number of benzene rings is 1. The molecule has 1 fully saturated rings. The number of amides is 1. The molecule has 1 aromatic carbocycles. The summed E-state index contributed by atoms with van der Waals surface area (Å²) < 4.78 is 10.3. The Morgan fingerprint density at radius 3 is 2.95 bits per heavy atom. The van der Waals surface area contributed by atoms with Gasteiger partial charge in [-0.2, -0.15) is 0 Å². The molecule has 0 unspecified atom stereocenters. The van der Waals surface area contributed by atoms with Crippen molar-refractivity contribution in [3.8, 4) is 0 Å². The molecule has 0 saturated carbocycles. The van der Waals surface area contributed by atoms with Crippen LogP contribution in [0.5, 0.6) is 0 Å². The van der Waals surface area contributed by atoms with E-state index in [0.717, 1.165) is 19.4 Å². The number of hydrogen-bond acceptors (Lipinski definition) is 5. The highest BCUT2D eigenvalue weighted by Crippen LogP contribution is 2.19. The minimum Gasteiger partial charge on any atom is -0.452 e. The number of ether oxygens (including phenoxy) is 2. The molecule has 1 aromatic rings. The van der Waals surface area contributed by atoms with E-state index in [0.29, 0.717) is 11.6 Å². The molecule has 1 heterocycles. The van der Waals surface area contributed by atoms with Gasteiger partial charge < -0.3 is 20.5 Å². The molecule has 114 valence electrons. The quantitative estimate of drug-likeness (QED) is 0.633. The molecule has 0 aromatic heterocycles. The van der Waals surface area contributed by atoms with Crippen LogP contribution in [-0.2, 0) is 14.3 Å². The summed E-state index contributed by atoms with van der Waals surface area (Å²) in [6.07, 6.45) is 2.00. The lowest BCUT2D eigenvalue weighted by molar-refractivity contribution is -0.124. The predicted octanol–water partition coefficient (Wildman–Crippen LogP) is 1.37. The highest BCUT2D eigenvalue weighted by atomic mass is 35.5. The van der Waals surface area contributed by atoms with E-state index in [1.54, 1.807) is 0 Å². The van der Waals surface area contributed by atoms with Crippen LogP contribution >= 0.6 is 11.6 Å². The summed E-state index contributed by atoms with van der Waals surface area (Å²) in [4.78, 5) is 23.3. The Morgan fingerprint density at radius 1 is 1.48 bits per heavy atom. The van der Waals surface area contributed by atoms with Crippen molar-refractivity contribution in [1.29, 1.82) is 0 Å². The van der Waals surface area contributed by atoms with Crippen LogP contribution < -0.4 is 11.1 Å². The first-order valence-electron chi connectivity index (χ1n) is 6.66. The molecule has 0 radical (unpaired) electrons. The van der Waals surface area contributed by atoms with Crippen LogP contribution in [0.2, 0.25) is 5.02 Å². The van der Waals surface area contributed by atoms with E-state index in [-0.39, 0.29) is 29.9 Å². The molecule has 0 bridgehead atoms. The fourth-order valence-corrected chi connectivity index (χ4v) is 2.09. The maximum Gasteiger partial charge on any atom is 0.338 e. The summed E-state index contributed by atoms with van der Waals surface area (Å²) in [6.45, 7) is 0.825. The smallest absolute Gasteiger partial charge is 0.338 e. The maximum absolute atomic E-state index is 11.7. The Kier molecular flexibility index (Phi) is 5.41. The van der Waals surface area contributed by atoms with Gasteiger partial charge in [-0.3, -0.25) is 4.79 Å². The Hall–Kier alpha value is -1.79. The Balaban J connectivity index is 1.74. The molecule has 0 spiro atoms. The van der Waals surface area contributed by atoms with E-state index in [9.17, 15) is 9.59 Å². The van der Waals surface area contributed by atoms with Gasteiger partial charge in [0.15, 0.2) is 6.61 Å². The van der Waals surface area contributed by atoms with E-state index in [2.05, 4.69) is 5.32 Å². The number of esters is 1. The number of nitrogens with two attached hydrogens (primary N) is 1. The van der Waals surface area contributed by atoms with Crippen LogP contribution in [0.3, 0.4) is 0 Å². The molecule has 1 aliphatic rings. The van der Waals surface area contributed by atoms with Crippen molar-refractivity contribution < 1.29 is 19.1 Å². The van der Waals surface area contributed by atoms with E-state index in [4.69, 9.17) is 26.8 Å². The molecular weight excluding hydrogens is 296 g/mol. The average molecular weight is 313 g/mol. The summed E-state index contributed by atoms with van der Waals surface area (Å²) in [7, 11) is 0. The second kappa shape index (κ2) is 7.28. The van der Waals surface area contributed by atoms with Crippen LogP contribution in [-0.4, -0.2) is 37.7 Å². The molecule has 0 aliphatic carbocycles. The van der Waals surface area contributed by atoms with Crippen LogP contribution in [0, 0.1) is 0 Å². The van der Waals surface area contributed by atoms with Crippen molar-refractivity contribution in [2.45, 2.75) is 18.9 Å². The summed E-state index contributed by atoms with van der Waals surface area (Å²) in [5.74, 6) is -0.980. The fraction of sp³-hybridized carbons (Fsp3) is 0.429. The molecule has 1 aliphatic heterocycles. The van der Waals surface area contributed by atoms with Gasteiger partial charge in [-0.25, -0.2) is 4.79 Å². The molecule has 1 saturated heterocycles. The van der Waals surface area contributed by atoms with Crippen LogP contribution in [0.15, 0.2) is 18.2 Å². The molecule has 1 atom stereocenters. The van der Waals surface area contributed by atoms with Gasteiger partial charge in [-0.1, -0.05) is 11.6 Å². The summed E-state index contributed by atoms with van der Waals surface area (Å²) in [5, 5.41) is 3.03. The van der Waals surface area contributed by atoms with Crippen molar-refractivity contribution in [2.24, 2.45) is 0 Å². The predicted molar refractivity (Wildman–Crippen MR) is 78.1 cm³/mol. The van der Waals surface area contributed by atoms with Gasteiger partial charge in [-0.15, -0.1) is 0 Å². The third kappa shape index (κ3) is 4.61. The van der Waals surface area contributed by atoms with E-state index in [1.807, 2.05) is 0 Å². The zero-order valence-electron chi connectivity index (χ0n) is 11.4. The third-order valence-electron chi connectivity index (χ3n) is 3.12. The van der Waals surface area contributed by atoms with Crippen LogP contribution in [0.4, 0.5) is 5.69 Å². The zero-order valence-corrected chi connectivity index (χ0v) is 12.2. The van der Waals surface area contributed by atoms with Gasteiger partial charge >= 0.3 is 5.97 Å². The number of nitrogen functional groups attached to an aromatic ring is 1. The first kappa shape index (κ1) is 15.6. The molecule has 1 amide bonds. The van der Waals surface area contributed by atoms with Gasteiger partial charge in [0.1, 0.15) is 0 Å². The Bertz CT molecular complexity index is 530. The summed E-state index contributed by atoms with van der Waals surface area (Å²) in [6, 6.07) is 4.41. The minimum atomic E-state index is -0.620. The van der Waals surface area contributed by atoms with Crippen molar-refractivity contribution in [3.05, 3.63) is 28.8 Å². The summed E-state index contributed by atoms with van der Waals surface area (Å²) in [5.41, 5.74) is 6.14. The van der Waals surface area contributed by atoms with Crippen LogP contribution in [0.1, 0.15) is 23.2 Å². The van der Waals surface area contributed by atoms with Gasteiger partial charge in [-0.05, 0) is 31.0 Å². The second-order valence-electron chi connectivity index (χ2n) is 4.75. The van der Waals surface area contributed by atoms with E-state index >= 15 is 0 Å². The number of rotatable bonds is 5. The largest absolute Gasteiger partial charge is 0.452 e. The van der Waals surface area contributed by atoms with Crippen molar-refractivity contribution >= 4 is 29.2 Å². The highest BCUT2D eigenvalue weighted by molar-refractivity contribution is 6.33. The maximum atomic E-state index is 11.7. The minimum absolute atomic E-state index is 0.0562. The van der Waals surface area contributed by atoms with E-state index in [1.165, 1.54) is 18.2 Å². The molecule has 21 heavy (non-hydrogen) atoms. The number of carbonyl (C=O) groups is 2. The normalized spacial score (nSPS) is 17.5. The fourth-order valence-electron chi connectivity index (χ4n) is 1.97. The van der Waals surface area contributed by atoms with Crippen molar-refractivity contribution in [1.82, 2.24) is 5.32 Å². The highest BCUT2D eigenvalue weighted by Gasteiger charge is 2.17. The van der Waals surface area contributed by atoms with E-state index < -0.39 is 5.97 Å². The van der Waals surface area contributed by atoms with Gasteiger partial charge in [0, 0.05) is 13.2 Å². The number of carbonyl (C=O) groups excluding carboxylic acids is 2. The molecule has 3 N–H and O–H groups in total. The monoisotopic (exact) mass is 312 g/mol. The molecular formula is C14H17ClN2O4.